The van der Waals surface area contributed by atoms with Crippen LogP contribution in [0.3, 0.4) is 0 Å². The van der Waals surface area contributed by atoms with Gasteiger partial charge in [-0.1, -0.05) is 5.11 Å². The zero-order valence-corrected chi connectivity index (χ0v) is 12.1. The third-order valence-corrected chi connectivity index (χ3v) is 4.48. The van der Waals surface area contributed by atoms with Gasteiger partial charge in [-0.2, -0.15) is 0 Å². The minimum absolute atomic E-state index is 0.0486. The maximum absolute atomic E-state index is 12.3. The number of piperidine rings is 1. The van der Waals surface area contributed by atoms with Crippen LogP contribution in [0.15, 0.2) is 5.11 Å². The van der Waals surface area contributed by atoms with Gasteiger partial charge in [0, 0.05) is 17.5 Å². The highest BCUT2D eigenvalue weighted by Crippen LogP contribution is 2.39. The molecule has 8 heteroatoms. The highest BCUT2D eigenvalue weighted by molar-refractivity contribution is 5.89. The van der Waals surface area contributed by atoms with Crippen LogP contribution in [-0.2, 0) is 14.3 Å². The standard InChI is InChI=1S/C13H21N5O3/c1-21-13(20)11-7-8(3-2-6-16-17-15)10-5-4-9(14)12(19)18(10)11/h8-11H,2-7,14H2,1H3/t8-,9+,10+,11+/m1/s1. The summed E-state index contributed by atoms with van der Waals surface area (Å²) >= 11 is 0. The van der Waals surface area contributed by atoms with Gasteiger partial charge in [-0.05, 0) is 43.6 Å². The summed E-state index contributed by atoms with van der Waals surface area (Å²) in [5.41, 5.74) is 14.1. The van der Waals surface area contributed by atoms with Gasteiger partial charge in [0.25, 0.3) is 0 Å². The second-order valence-electron chi connectivity index (χ2n) is 5.63. The van der Waals surface area contributed by atoms with Crippen molar-refractivity contribution in [2.24, 2.45) is 16.8 Å². The molecule has 2 heterocycles. The third kappa shape index (κ3) is 3.11. The Morgan fingerprint density at radius 1 is 1.57 bits per heavy atom. The Balaban J connectivity index is 2.09. The summed E-state index contributed by atoms with van der Waals surface area (Å²) in [5, 5.41) is 3.52. The van der Waals surface area contributed by atoms with E-state index in [4.69, 9.17) is 16.0 Å². The first-order valence-corrected chi connectivity index (χ1v) is 7.26. The number of carbonyl (C=O) groups is 2. The van der Waals surface area contributed by atoms with E-state index in [-0.39, 0.29) is 23.8 Å². The van der Waals surface area contributed by atoms with E-state index >= 15 is 0 Å². The van der Waals surface area contributed by atoms with E-state index in [9.17, 15) is 9.59 Å². The smallest absolute Gasteiger partial charge is 0.328 e. The third-order valence-electron chi connectivity index (χ3n) is 4.48. The summed E-state index contributed by atoms with van der Waals surface area (Å²) in [7, 11) is 1.33. The molecule has 1 amide bonds. The van der Waals surface area contributed by atoms with Crippen LogP contribution in [0.2, 0.25) is 0 Å². The fraction of sp³-hybridized carbons (Fsp3) is 0.846. The number of esters is 1. The molecule has 0 spiro atoms. The normalized spacial score (nSPS) is 31.5. The Labute approximate surface area is 123 Å². The molecule has 2 N–H and O–H groups in total. The number of ether oxygens (including phenoxy) is 1. The number of nitrogens with two attached hydrogens (primary N) is 1. The summed E-state index contributed by atoms with van der Waals surface area (Å²) in [6.45, 7) is 0.441. The maximum atomic E-state index is 12.3. The first kappa shape index (κ1) is 15.6. The van der Waals surface area contributed by atoms with E-state index in [1.807, 2.05) is 0 Å². The Morgan fingerprint density at radius 2 is 2.33 bits per heavy atom. The number of hydrogen-bond acceptors (Lipinski definition) is 5. The van der Waals surface area contributed by atoms with Gasteiger partial charge in [0.1, 0.15) is 6.04 Å². The molecule has 0 saturated carbocycles. The summed E-state index contributed by atoms with van der Waals surface area (Å²) in [6.07, 6.45) is 3.66. The van der Waals surface area contributed by atoms with Crippen LogP contribution < -0.4 is 5.73 Å². The lowest BCUT2D eigenvalue weighted by molar-refractivity contribution is -0.154. The highest BCUT2D eigenvalue weighted by Gasteiger charge is 2.50. The van der Waals surface area contributed by atoms with Gasteiger partial charge < -0.3 is 15.4 Å². The van der Waals surface area contributed by atoms with Gasteiger partial charge in [0.2, 0.25) is 5.91 Å². The van der Waals surface area contributed by atoms with Crippen LogP contribution >= 0.6 is 0 Å². The van der Waals surface area contributed by atoms with E-state index < -0.39 is 12.1 Å². The van der Waals surface area contributed by atoms with Crippen LogP contribution in [0.4, 0.5) is 0 Å². The molecule has 0 aromatic rings. The Bertz CT molecular complexity index is 463. The molecule has 4 atom stereocenters. The van der Waals surface area contributed by atoms with E-state index in [0.717, 1.165) is 19.3 Å². The first-order valence-electron chi connectivity index (χ1n) is 7.26. The van der Waals surface area contributed by atoms with E-state index in [2.05, 4.69) is 10.0 Å². The summed E-state index contributed by atoms with van der Waals surface area (Å²) in [5.74, 6) is -0.293. The molecule has 2 aliphatic rings. The van der Waals surface area contributed by atoms with Crippen LogP contribution in [0.25, 0.3) is 10.4 Å². The van der Waals surface area contributed by atoms with E-state index in [1.165, 1.54) is 7.11 Å². The van der Waals surface area contributed by atoms with Gasteiger partial charge in [-0.25, -0.2) is 4.79 Å². The highest BCUT2D eigenvalue weighted by atomic mass is 16.5. The van der Waals surface area contributed by atoms with Crippen LogP contribution in [0, 0.1) is 5.92 Å². The molecule has 0 unspecified atom stereocenters. The Morgan fingerprint density at radius 3 is 3.00 bits per heavy atom. The molecule has 2 saturated heterocycles. The molecule has 2 aliphatic heterocycles. The molecule has 0 radical (unpaired) electrons. The summed E-state index contributed by atoms with van der Waals surface area (Å²) in [6, 6.07) is -0.994. The van der Waals surface area contributed by atoms with Gasteiger partial charge in [0.05, 0.1) is 13.2 Å². The number of methoxy groups -OCH3 is 1. The number of amides is 1. The lowest BCUT2D eigenvalue weighted by Crippen LogP contribution is -2.56. The fourth-order valence-electron chi connectivity index (χ4n) is 3.50. The molecule has 0 aromatic heterocycles. The zero-order valence-electron chi connectivity index (χ0n) is 12.1. The Kier molecular flexibility index (Phi) is 5.03. The zero-order chi connectivity index (χ0) is 15.4. The molecule has 21 heavy (non-hydrogen) atoms. The van der Waals surface area contributed by atoms with Crippen molar-refractivity contribution in [1.29, 1.82) is 0 Å². The molecule has 0 aromatic carbocycles. The van der Waals surface area contributed by atoms with Gasteiger partial charge in [0.15, 0.2) is 0 Å². The van der Waals surface area contributed by atoms with Gasteiger partial charge >= 0.3 is 5.97 Å². The van der Waals surface area contributed by atoms with Crippen molar-refractivity contribution in [3.05, 3.63) is 10.4 Å². The number of rotatable bonds is 5. The Hall–Kier alpha value is -1.79. The average Bonchev–Trinajstić information content (AvgIpc) is 2.86. The number of azide groups is 1. The van der Waals surface area contributed by atoms with Crippen molar-refractivity contribution in [3.63, 3.8) is 0 Å². The molecule has 116 valence electrons. The lowest BCUT2D eigenvalue weighted by Gasteiger charge is -2.37. The second kappa shape index (κ2) is 6.78. The monoisotopic (exact) mass is 295 g/mol. The summed E-state index contributed by atoms with van der Waals surface area (Å²) in [4.78, 5) is 28.6. The maximum Gasteiger partial charge on any atom is 0.328 e. The van der Waals surface area contributed by atoms with Crippen molar-refractivity contribution >= 4 is 11.9 Å². The van der Waals surface area contributed by atoms with Crippen LogP contribution in [0.1, 0.15) is 32.1 Å². The molecule has 2 fully saturated rings. The number of fused-ring (bicyclic) bond motifs is 1. The molecular formula is C13H21N5O3. The number of nitrogens with zero attached hydrogens (tertiary/aromatic N) is 4. The number of hydrogen-bond donors (Lipinski definition) is 1. The minimum Gasteiger partial charge on any atom is -0.467 e. The molecular weight excluding hydrogens is 274 g/mol. The predicted molar refractivity (Wildman–Crippen MR) is 75.0 cm³/mol. The van der Waals surface area contributed by atoms with Crippen molar-refractivity contribution in [2.45, 2.75) is 50.2 Å². The molecule has 0 bridgehead atoms. The SMILES string of the molecule is COC(=O)[C@@H]1C[C@@H](CCCN=[N+]=[N-])[C@@H]2CC[C@H](N)C(=O)N12. The largest absolute Gasteiger partial charge is 0.467 e. The van der Waals surface area contributed by atoms with Gasteiger partial charge in [-0.15, -0.1) is 0 Å². The van der Waals surface area contributed by atoms with Crippen LogP contribution in [0.5, 0.6) is 0 Å². The average molecular weight is 295 g/mol. The molecule has 2 rings (SSSR count). The van der Waals surface area contributed by atoms with Crippen molar-refractivity contribution in [2.75, 3.05) is 13.7 Å². The quantitative estimate of drug-likeness (QED) is 0.267. The summed E-state index contributed by atoms with van der Waals surface area (Å²) < 4.78 is 4.82. The molecule has 8 nitrogen and oxygen atoms in total. The van der Waals surface area contributed by atoms with Crippen molar-refractivity contribution < 1.29 is 14.3 Å². The van der Waals surface area contributed by atoms with Gasteiger partial charge in [-0.3, -0.25) is 4.79 Å². The molecule has 0 aliphatic carbocycles. The second-order valence-corrected chi connectivity index (χ2v) is 5.63. The van der Waals surface area contributed by atoms with Crippen molar-refractivity contribution in [1.82, 2.24) is 4.90 Å². The minimum atomic E-state index is -0.525. The topological polar surface area (TPSA) is 121 Å². The van der Waals surface area contributed by atoms with Crippen molar-refractivity contribution in [3.8, 4) is 0 Å². The fourth-order valence-corrected chi connectivity index (χ4v) is 3.50. The lowest BCUT2D eigenvalue weighted by atomic mass is 9.88. The predicted octanol–water partition coefficient (Wildman–Crippen LogP) is 0.957. The van der Waals surface area contributed by atoms with Crippen LogP contribution in [-0.4, -0.2) is 48.6 Å². The number of carbonyl (C=O) groups excluding carboxylic acids is 2. The van der Waals surface area contributed by atoms with E-state index in [1.54, 1.807) is 4.90 Å². The van der Waals surface area contributed by atoms with E-state index in [0.29, 0.717) is 19.4 Å². The first-order chi connectivity index (χ1) is 10.1.